The monoisotopic (exact) mass is 403 g/mol. The highest BCUT2D eigenvalue weighted by Crippen LogP contribution is 2.32. The molecule has 0 fully saturated rings. The standard InChI is InChI=1S/C19H15Cl2N3OS/c1-2-24-18(17-10-13-9-14(20)7-8-16(13)25-17)22-23-19(24)26-11-12-5-3-4-6-15(12)21/h3-10H,2,11H2,1H3. The minimum absolute atomic E-state index is 0.679. The molecule has 0 saturated carbocycles. The van der Waals surface area contributed by atoms with Gasteiger partial charge in [-0.25, -0.2) is 0 Å². The maximum atomic E-state index is 6.24. The number of hydrogen-bond donors (Lipinski definition) is 0. The Bertz CT molecular complexity index is 1070. The van der Waals surface area contributed by atoms with E-state index in [-0.39, 0.29) is 0 Å². The first kappa shape index (κ1) is 17.5. The molecule has 0 aliphatic carbocycles. The summed E-state index contributed by atoms with van der Waals surface area (Å²) in [5.74, 6) is 2.12. The Morgan fingerprint density at radius 2 is 1.92 bits per heavy atom. The summed E-state index contributed by atoms with van der Waals surface area (Å²) in [5.41, 5.74) is 1.85. The molecule has 7 heteroatoms. The Hall–Kier alpha value is -1.95. The predicted octanol–water partition coefficient (Wildman–Crippen LogP) is 6.31. The Balaban J connectivity index is 1.64. The van der Waals surface area contributed by atoms with Gasteiger partial charge in [-0.15, -0.1) is 10.2 Å². The fourth-order valence-corrected chi connectivity index (χ4v) is 4.21. The van der Waals surface area contributed by atoms with Gasteiger partial charge in [-0.1, -0.05) is 53.2 Å². The molecule has 0 saturated heterocycles. The van der Waals surface area contributed by atoms with E-state index >= 15 is 0 Å². The molecule has 4 aromatic rings. The van der Waals surface area contributed by atoms with Crippen LogP contribution in [-0.2, 0) is 12.3 Å². The number of benzene rings is 2. The summed E-state index contributed by atoms with van der Waals surface area (Å²) in [6.45, 7) is 2.80. The fraction of sp³-hybridized carbons (Fsp3) is 0.158. The first-order valence-corrected chi connectivity index (χ1v) is 9.88. The maximum absolute atomic E-state index is 6.24. The van der Waals surface area contributed by atoms with Crippen molar-refractivity contribution in [2.75, 3.05) is 0 Å². The summed E-state index contributed by atoms with van der Waals surface area (Å²) < 4.78 is 7.98. The molecule has 4 rings (SSSR count). The number of fused-ring (bicyclic) bond motifs is 1. The van der Waals surface area contributed by atoms with Crippen LogP contribution < -0.4 is 0 Å². The maximum Gasteiger partial charge on any atom is 0.200 e. The van der Waals surface area contributed by atoms with Crippen molar-refractivity contribution >= 4 is 45.9 Å². The van der Waals surface area contributed by atoms with Gasteiger partial charge in [0.05, 0.1) is 0 Å². The van der Waals surface area contributed by atoms with E-state index in [0.717, 1.165) is 39.0 Å². The molecule has 26 heavy (non-hydrogen) atoms. The molecule has 0 bridgehead atoms. The summed E-state index contributed by atoms with van der Waals surface area (Å²) in [5, 5.41) is 11.9. The number of furan rings is 1. The molecule has 0 aliphatic rings. The highest BCUT2D eigenvalue weighted by molar-refractivity contribution is 7.98. The smallest absolute Gasteiger partial charge is 0.200 e. The second-order valence-corrected chi connectivity index (χ2v) is 7.51. The second-order valence-electron chi connectivity index (χ2n) is 5.72. The van der Waals surface area contributed by atoms with Crippen LogP contribution in [0.15, 0.2) is 58.1 Å². The Labute approximate surface area is 165 Å². The molecule has 0 spiro atoms. The lowest BCUT2D eigenvalue weighted by Gasteiger charge is -2.06. The number of nitrogens with zero attached hydrogens (tertiary/aromatic N) is 3. The van der Waals surface area contributed by atoms with Crippen LogP contribution in [0.3, 0.4) is 0 Å². The van der Waals surface area contributed by atoms with Gasteiger partial charge < -0.3 is 4.42 Å². The van der Waals surface area contributed by atoms with E-state index in [1.807, 2.05) is 53.1 Å². The molecule has 132 valence electrons. The van der Waals surface area contributed by atoms with E-state index in [4.69, 9.17) is 27.6 Å². The zero-order chi connectivity index (χ0) is 18.1. The Morgan fingerprint density at radius 1 is 1.08 bits per heavy atom. The van der Waals surface area contributed by atoms with Crippen molar-refractivity contribution in [3.05, 3.63) is 64.1 Å². The molecule has 0 radical (unpaired) electrons. The number of thioether (sulfide) groups is 1. The van der Waals surface area contributed by atoms with Gasteiger partial charge in [0.25, 0.3) is 0 Å². The molecule has 0 amide bonds. The summed E-state index contributed by atoms with van der Waals surface area (Å²) in [7, 11) is 0. The molecule has 4 nitrogen and oxygen atoms in total. The molecular formula is C19H15Cl2N3OS. The lowest BCUT2D eigenvalue weighted by atomic mass is 10.2. The van der Waals surface area contributed by atoms with Crippen molar-refractivity contribution in [2.24, 2.45) is 0 Å². The van der Waals surface area contributed by atoms with Crippen molar-refractivity contribution in [1.29, 1.82) is 0 Å². The molecule has 2 aromatic heterocycles. The predicted molar refractivity (Wildman–Crippen MR) is 107 cm³/mol. The third kappa shape index (κ3) is 3.34. The van der Waals surface area contributed by atoms with Crippen LogP contribution in [0.4, 0.5) is 0 Å². The third-order valence-corrected chi connectivity index (χ3v) is 5.67. The first-order chi connectivity index (χ1) is 12.7. The van der Waals surface area contributed by atoms with Crippen LogP contribution >= 0.6 is 35.0 Å². The first-order valence-electron chi connectivity index (χ1n) is 8.14. The average Bonchev–Trinajstić information content (AvgIpc) is 3.23. The van der Waals surface area contributed by atoms with Crippen LogP contribution in [-0.4, -0.2) is 14.8 Å². The van der Waals surface area contributed by atoms with Crippen LogP contribution in [0, 0.1) is 0 Å². The van der Waals surface area contributed by atoms with Crippen LogP contribution in [0.2, 0.25) is 10.0 Å². The molecule has 0 N–H and O–H groups in total. The van der Waals surface area contributed by atoms with Crippen LogP contribution in [0.1, 0.15) is 12.5 Å². The van der Waals surface area contributed by atoms with Gasteiger partial charge in [0.2, 0.25) is 5.82 Å². The quantitative estimate of drug-likeness (QED) is 0.366. The highest BCUT2D eigenvalue weighted by atomic mass is 35.5. The Morgan fingerprint density at radius 3 is 2.73 bits per heavy atom. The van der Waals surface area contributed by atoms with Gasteiger partial charge in [0.15, 0.2) is 10.9 Å². The van der Waals surface area contributed by atoms with Crippen molar-refractivity contribution in [2.45, 2.75) is 24.4 Å². The normalized spacial score (nSPS) is 11.3. The lowest BCUT2D eigenvalue weighted by Crippen LogP contribution is -1.99. The molecule has 0 aliphatic heterocycles. The van der Waals surface area contributed by atoms with Crippen LogP contribution in [0.5, 0.6) is 0 Å². The van der Waals surface area contributed by atoms with Crippen LogP contribution in [0.25, 0.3) is 22.6 Å². The van der Waals surface area contributed by atoms with E-state index in [2.05, 4.69) is 17.1 Å². The van der Waals surface area contributed by atoms with Crippen molar-refractivity contribution in [1.82, 2.24) is 14.8 Å². The van der Waals surface area contributed by atoms with Gasteiger partial charge in [-0.3, -0.25) is 4.57 Å². The largest absolute Gasteiger partial charge is 0.453 e. The summed E-state index contributed by atoms with van der Waals surface area (Å²) in [6.07, 6.45) is 0. The topological polar surface area (TPSA) is 43.9 Å². The summed E-state index contributed by atoms with van der Waals surface area (Å²) in [4.78, 5) is 0. The molecular weight excluding hydrogens is 389 g/mol. The fourth-order valence-electron chi connectivity index (χ4n) is 2.74. The molecule has 0 unspecified atom stereocenters. The van der Waals surface area contributed by atoms with E-state index in [1.165, 1.54) is 0 Å². The number of aromatic nitrogens is 3. The molecule has 2 aromatic carbocycles. The van der Waals surface area contributed by atoms with Crippen molar-refractivity contribution in [3.8, 4) is 11.6 Å². The zero-order valence-corrected chi connectivity index (χ0v) is 16.3. The van der Waals surface area contributed by atoms with Gasteiger partial charge in [0, 0.05) is 27.7 Å². The van der Waals surface area contributed by atoms with Crippen molar-refractivity contribution < 1.29 is 4.42 Å². The van der Waals surface area contributed by atoms with Gasteiger partial charge in [-0.05, 0) is 42.8 Å². The molecule has 0 atom stereocenters. The number of halogens is 2. The lowest BCUT2D eigenvalue weighted by molar-refractivity contribution is 0.607. The SMILES string of the molecule is CCn1c(SCc2ccccc2Cl)nnc1-c1cc2cc(Cl)ccc2o1. The van der Waals surface area contributed by atoms with E-state index in [9.17, 15) is 0 Å². The van der Waals surface area contributed by atoms with Gasteiger partial charge in [0.1, 0.15) is 5.58 Å². The second kappa shape index (κ2) is 7.35. The number of hydrogen-bond acceptors (Lipinski definition) is 4. The Kier molecular flexibility index (Phi) is 4.94. The summed E-state index contributed by atoms with van der Waals surface area (Å²) in [6, 6.07) is 15.3. The van der Waals surface area contributed by atoms with Crippen molar-refractivity contribution in [3.63, 3.8) is 0 Å². The third-order valence-electron chi connectivity index (χ3n) is 4.05. The highest BCUT2D eigenvalue weighted by Gasteiger charge is 2.17. The minimum Gasteiger partial charge on any atom is -0.453 e. The minimum atomic E-state index is 0.679. The van der Waals surface area contributed by atoms with E-state index in [0.29, 0.717) is 16.6 Å². The van der Waals surface area contributed by atoms with Gasteiger partial charge >= 0.3 is 0 Å². The number of rotatable bonds is 5. The van der Waals surface area contributed by atoms with E-state index in [1.54, 1.807) is 11.8 Å². The zero-order valence-electron chi connectivity index (χ0n) is 13.9. The van der Waals surface area contributed by atoms with Gasteiger partial charge in [-0.2, -0.15) is 0 Å². The average molecular weight is 404 g/mol. The summed E-state index contributed by atoms with van der Waals surface area (Å²) >= 11 is 13.9. The molecule has 2 heterocycles. The van der Waals surface area contributed by atoms with E-state index < -0.39 is 0 Å².